The van der Waals surface area contributed by atoms with Gasteiger partial charge in [0.25, 0.3) is 0 Å². The first-order chi connectivity index (χ1) is 14.7. The van der Waals surface area contributed by atoms with E-state index in [-0.39, 0.29) is 12.5 Å². The topological polar surface area (TPSA) is 69.6 Å². The molecule has 0 aromatic heterocycles. The predicted octanol–water partition coefficient (Wildman–Crippen LogP) is 6.22. The van der Waals surface area contributed by atoms with Crippen molar-refractivity contribution in [2.45, 2.75) is 129 Å². The molecule has 2 atom stereocenters. The number of aliphatic hydroxyl groups is 2. The zero-order valence-electron chi connectivity index (χ0n) is 19.8. The molecule has 176 valence electrons. The van der Waals surface area contributed by atoms with Crippen LogP contribution in [-0.4, -0.2) is 34.9 Å². The number of hydrogen-bond donors (Lipinski definition) is 3. The Labute approximate surface area is 186 Å². The van der Waals surface area contributed by atoms with Crippen LogP contribution >= 0.6 is 0 Å². The summed E-state index contributed by atoms with van der Waals surface area (Å²) in [7, 11) is 0. The second-order valence-corrected chi connectivity index (χ2v) is 8.40. The minimum absolute atomic E-state index is 0.0847. The van der Waals surface area contributed by atoms with Crippen molar-refractivity contribution in [3.63, 3.8) is 0 Å². The summed E-state index contributed by atoms with van der Waals surface area (Å²) in [5.74, 6) is -0.0847. The Kier molecular flexibility index (Phi) is 21.7. The minimum Gasteiger partial charge on any atom is -0.394 e. The van der Waals surface area contributed by atoms with Gasteiger partial charge in [-0.3, -0.25) is 4.79 Å². The molecule has 0 radical (unpaired) electrons. The van der Waals surface area contributed by atoms with Crippen LogP contribution in [0.1, 0.15) is 117 Å². The Balaban J connectivity index is 3.84. The van der Waals surface area contributed by atoms with Gasteiger partial charge in [0.1, 0.15) is 0 Å². The lowest BCUT2D eigenvalue weighted by atomic mass is 10.1. The molecule has 4 nitrogen and oxygen atoms in total. The normalized spacial score (nSPS) is 13.9. The highest BCUT2D eigenvalue weighted by Crippen LogP contribution is 2.10. The molecule has 0 rings (SSSR count). The van der Waals surface area contributed by atoms with Crippen LogP contribution in [0.25, 0.3) is 0 Å². The second kappa shape index (κ2) is 22.6. The molecule has 1 amide bonds. The molecular formula is C26H49NO3. The monoisotopic (exact) mass is 423 g/mol. The van der Waals surface area contributed by atoms with E-state index in [0.717, 1.165) is 32.1 Å². The molecule has 0 saturated carbocycles. The lowest BCUT2D eigenvalue weighted by Gasteiger charge is -2.19. The van der Waals surface area contributed by atoms with Gasteiger partial charge in [0, 0.05) is 6.42 Å². The van der Waals surface area contributed by atoms with E-state index in [2.05, 4.69) is 31.3 Å². The Bertz CT molecular complexity index is 434. The summed E-state index contributed by atoms with van der Waals surface area (Å²) in [6, 6.07) is -0.628. The average Bonchev–Trinajstić information content (AvgIpc) is 2.75. The Morgan fingerprint density at radius 3 is 1.93 bits per heavy atom. The fraction of sp³-hybridized carbons (Fsp3) is 0.808. The van der Waals surface area contributed by atoms with Gasteiger partial charge in [0.05, 0.1) is 18.8 Å². The van der Waals surface area contributed by atoms with Crippen molar-refractivity contribution in [1.82, 2.24) is 5.32 Å². The summed E-state index contributed by atoms with van der Waals surface area (Å²) in [6.07, 6.45) is 25.3. The average molecular weight is 424 g/mol. The largest absolute Gasteiger partial charge is 0.394 e. The molecule has 0 aromatic rings. The van der Waals surface area contributed by atoms with Crippen LogP contribution in [0.5, 0.6) is 0 Å². The van der Waals surface area contributed by atoms with E-state index < -0.39 is 12.1 Å². The van der Waals surface area contributed by atoms with Gasteiger partial charge in [-0.25, -0.2) is 0 Å². The molecule has 0 aliphatic carbocycles. The van der Waals surface area contributed by atoms with Crippen molar-refractivity contribution >= 4 is 5.91 Å². The van der Waals surface area contributed by atoms with Crippen LogP contribution in [0.4, 0.5) is 0 Å². The van der Waals surface area contributed by atoms with E-state index in [1.54, 1.807) is 6.08 Å². The maximum absolute atomic E-state index is 12.1. The van der Waals surface area contributed by atoms with E-state index in [1.165, 1.54) is 64.2 Å². The molecule has 0 spiro atoms. The number of carbonyl (C=O) groups excluding carboxylic acids is 1. The quantitative estimate of drug-likeness (QED) is 0.152. The van der Waals surface area contributed by atoms with E-state index in [4.69, 9.17) is 0 Å². The van der Waals surface area contributed by atoms with Crippen LogP contribution in [0.2, 0.25) is 0 Å². The molecule has 0 aromatic carbocycles. The third-order valence-electron chi connectivity index (χ3n) is 5.44. The summed E-state index contributed by atoms with van der Waals surface area (Å²) < 4.78 is 0. The van der Waals surface area contributed by atoms with Gasteiger partial charge in [-0.05, 0) is 32.1 Å². The molecule has 0 fully saturated rings. The summed E-state index contributed by atoms with van der Waals surface area (Å²) in [5, 5.41) is 22.5. The molecule has 0 heterocycles. The molecule has 2 unspecified atom stereocenters. The Hall–Kier alpha value is -1.13. The van der Waals surface area contributed by atoms with Crippen molar-refractivity contribution in [2.75, 3.05) is 6.61 Å². The zero-order valence-corrected chi connectivity index (χ0v) is 19.8. The maximum atomic E-state index is 12.1. The molecule has 0 bridgehead atoms. The van der Waals surface area contributed by atoms with Gasteiger partial charge in [-0.2, -0.15) is 0 Å². The second-order valence-electron chi connectivity index (χ2n) is 8.40. The van der Waals surface area contributed by atoms with Gasteiger partial charge in [0.15, 0.2) is 0 Å². The molecule has 0 aliphatic rings. The highest BCUT2D eigenvalue weighted by Gasteiger charge is 2.17. The minimum atomic E-state index is -0.851. The lowest BCUT2D eigenvalue weighted by molar-refractivity contribution is -0.123. The number of aliphatic hydroxyl groups excluding tert-OH is 2. The van der Waals surface area contributed by atoms with Crippen LogP contribution in [0.3, 0.4) is 0 Å². The molecule has 30 heavy (non-hydrogen) atoms. The Morgan fingerprint density at radius 2 is 1.30 bits per heavy atom. The van der Waals surface area contributed by atoms with E-state index in [1.807, 2.05) is 6.08 Å². The zero-order chi connectivity index (χ0) is 22.3. The van der Waals surface area contributed by atoms with Crippen LogP contribution in [0.15, 0.2) is 24.3 Å². The first kappa shape index (κ1) is 28.9. The van der Waals surface area contributed by atoms with Crippen molar-refractivity contribution in [1.29, 1.82) is 0 Å². The van der Waals surface area contributed by atoms with Crippen molar-refractivity contribution in [3.05, 3.63) is 24.3 Å². The van der Waals surface area contributed by atoms with Crippen LogP contribution < -0.4 is 5.32 Å². The lowest BCUT2D eigenvalue weighted by Crippen LogP contribution is -2.45. The third-order valence-corrected chi connectivity index (χ3v) is 5.44. The van der Waals surface area contributed by atoms with Crippen LogP contribution in [-0.2, 0) is 4.79 Å². The van der Waals surface area contributed by atoms with Gasteiger partial charge in [0.2, 0.25) is 5.91 Å². The number of unbranched alkanes of at least 4 members (excludes halogenated alkanes) is 12. The highest BCUT2D eigenvalue weighted by atomic mass is 16.3. The van der Waals surface area contributed by atoms with Crippen molar-refractivity contribution < 1.29 is 15.0 Å². The summed E-state index contributed by atoms with van der Waals surface area (Å²) in [4.78, 5) is 12.1. The number of rotatable bonds is 21. The van der Waals surface area contributed by atoms with E-state index >= 15 is 0 Å². The molecule has 0 aliphatic heterocycles. The standard InChI is InChI=1S/C26H49NO3/c1-3-5-7-9-11-13-14-15-17-19-21-25(29)24(23-28)27-26(30)22-20-18-16-12-10-8-6-4-2/h13-14,19,21,24-25,28-29H,3-12,15-18,20,22-23H2,1-2H3,(H,27,30)/b14-13+,21-19+. The highest BCUT2D eigenvalue weighted by molar-refractivity contribution is 5.76. The molecule has 4 heteroatoms. The SMILES string of the molecule is CCCCCC/C=C/CC/C=C/C(O)C(CO)NC(=O)CCCCCCCCCC. The number of allylic oxidation sites excluding steroid dienone is 3. The van der Waals surface area contributed by atoms with Crippen LogP contribution in [0, 0.1) is 0 Å². The van der Waals surface area contributed by atoms with Crippen molar-refractivity contribution in [3.8, 4) is 0 Å². The van der Waals surface area contributed by atoms with E-state index in [9.17, 15) is 15.0 Å². The molecule has 3 N–H and O–H groups in total. The van der Waals surface area contributed by atoms with Gasteiger partial charge in [-0.1, -0.05) is 102 Å². The first-order valence-corrected chi connectivity index (χ1v) is 12.6. The number of amides is 1. The summed E-state index contributed by atoms with van der Waals surface area (Å²) >= 11 is 0. The number of hydrogen-bond acceptors (Lipinski definition) is 3. The smallest absolute Gasteiger partial charge is 0.220 e. The third kappa shape index (κ3) is 18.9. The van der Waals surface area contributed by atoms with E-state index in [0.29, 0.717) is 6.42 Å². The molecular weight excluding hydrogens is 374 g/mol. The first-order valence-electron chi connectivity index (χ1n) is 12.6. The molecule has 0 saturated heterocycles. The number of nitrogens with one attached hydrogen (secondary N) is 1. The van der Waals surface area contributed by atoms with Gasteiger partial charge in [-0.15, -0.1) is 0 Å². The summed E-state index contributed by atoms with van der Waals surface area (Å²) in [5.41, 5.74) is 0. The predicted molar refractivity (Wildman–Crippen MR) is 129 cm³/mol. The maximum Gasteiger partial charge on any atom is 0.220 e. The fourth-order valence-electron chi connectivity index (χ4n) is 3.42. The number of carbonyl (C=O) groups is 1. The Morgan fingerprint density at radius 1 is 0.767 bits per heavy atom. The fourth-order valence-corrected chi connectivity index (χ4v) is 3.42. The van der Waals surface area contributed by atoms with Gasteiger partial charge < -0.3 is 15.5 Å². The summed E-state index contributed by atoms with van der Waals surface area (Å²) in [6.45, 7) is 4.19. The van der Waals surface area contributed by atoms with Crippen molar-refractivity contribution in [2.24, 2.45) is 0 Å². The van der Waals surface area contributed by atoms with Gasteiger partial charge >= 0.3 is 0 Å².